The van der Waals surface area contributed by atoms with Crippen molar-refractivity contribution in [2.45, 2.75) is 62.4 Å². The summed E-state index contributed by atoms with van der Waals surface area (Å²) in [5.74, 6) is -0.644. The maximum atomic E-state index is 11.9. The highest BCUT2D eigenvalue weighted by atomic mass is 16.5. The van der Waals surface area contributed by atoms with Gasteiger partial charge in [0.1, 0.15) is 0 Å². The van der Waals surface area contributed by atoms with Crippen LogP contribution in [0.25, 0.3) is 0 Å². The maximum Gasteiger partial charge on any atom is 0.314 e. The molecular weight excluding hydrogens is 428 g/mol. The van der Waals surface area contributed by atoms with Crippen LogP contribution in [0.4, 0.5) is 0 Å². The minimum atomic E-state index is -0.179. The normalized spacial score (nSPS) is 21.8. The van der Waals surface area contributed by atoms with Gasteiger partial charge in [-0.2, -0.15) is 0 Å². The van der Waals surface area contributed by atoms with Gasteiger partial charge in [-0.3, -0.25) is 9.59 Å². The third-order valence-corrected chi connectivity index (χ3v) is 6.73. The van der Waals surface area contributed by atoms with E-state index in [0.717, 1.165) is 37.1 Å². The third-order valence-electron chi connectivity index (χ3n) is 6.73. The first-order chi connectivity index (χ1) is 16.7. The number of hydrogen-bond acceptors (Lipinski definition) is 6. The molecule has 0 bridgehead atoms. The van der Waals surface area contributed by atoms with Crippen molar-refractivity contribution in [1.82, 2.24) is 10.6 Å². The van der Waals surface area contributed by atoms with Gasteiger partial charge in [-0.1, -0.05) is 73.5 Å². The van der Waals surface area contributed by atoms with Gasteiger partial charge in [-0.25, -0.2) is 0 Å². The number of ether oxygens (including phenoxy) is 2. The van der Waals surface area contributed by atoms with Crippen molar-refractivity contribution in [2.24, 2.45) is 0 Å². The number of nitrogens with one attached hydrogen (secondary N) is 2. The number of rotatable bonds is 6. The van der Waals surface area contributed by atoms with Crippen molar-refractivity contribution in [3.8, 4) is 0 Å². The number of carbonyl (C=O) groups excluding carboxylic acids is 2. The summed E-state index contributed by atoms with van der Waals surface area (Å²) in [5.41, 5.74) is 2.08. The Morgan fingerprint density at radius 1 is 0.676 bits per heavy atom. The smallest absolute Gasteiger partial charge is 0.314 e. The fraction of sp³-hybridized carbons (Fsp3) is 0.500. The van der Waals surface area contributed by atoms with Crippen LogP contribution in [0.1, 0.15) is 61.5 Å². The minimum absolute atomic E-state index is 0.143. The molecule has 2 heterocycles. The molecule has 2 fully saturated rings. The first-order valence-electron chi connectivity index (χ1n) is 12.4. The van der Waals surface area contributed by atoms with Gasteiger partial charge in [0, 0.05) is 12.1 Å². The predicted molar refractivity (Wildman–Crippen MR) is 134 cm³/mol. The molecule has 0 amide bonds. The van der Waals surface area contributed by atoms with E-state index < -0.39 is 0 Å². The van der Waals surface area contributed by atoms with Crippen LogP contribution in [0.5, 0.6) is 0 Å². The minimum Gasteiger partial charge on any atom is -0.469 e. The molecule has 2 aromatic rings. The average Bonchev–Trinajstić information content (AvgIpc) is 2.91. The van der Waals surface area contributed by atoms with Crippen LogP contribution in [0.2, 0.25) is 0 Å². The second-order valence-corrected chi connectivity index (χ2v) is 8.94. The molecule has 2 aliphatic rings. The topological polar surface area (TPSA) is 76.7 Å². The van der Waals surface area contributed by atoms with Gasteiger partial charge in [-0.05, 0) is 49.9 Å². The molecule has 0 saturated carbocycles. The summed E-state index contributed by atoms with van der Waals surface area (Å²) < 4.78 is 9.88. The van der Waals surface area contributed by atoms with Gasteiger partial charge < -0.3 is 20.1 Å². The lowest BCUT2D eigenvalue weighted by Crippen LogP contribution is -2.42. The Morgan fingerprint density at radius 2 is 1.06 bits per heavy atom. The average molecular weight is 467 g/mol. The fourth-order valence-corrected chi connectivity index (χ4v) is 4.97. The Labute approximate surface area is 203 Å². The highest BCUT2D eigenvalue weighted by Crippen LogP contribution is 2.27. The highest BCUT2D eigenvalue weighted by molar-refractivity contribution is 5.79. The van der Waals surface area contributed by atoms with E-state index in [1.165, 1.54) is 39.9 Å². The number of methoxy groups -OCH3 is 2. The number of piperidine rings is 2. The van der Waals surface area contributed by atoms with Gasteiger partial charge in [-0.15, -0.1) is 0 Å². The summed E-state index contributed by atoms with van der Waals surface area (Å²) in [5, 5.41) is 6.86. The summed E-state index contributed by atoms with van der Waals surface area (Å²) >= 11 is 0. The summed E-state index contributed by atoms with van der Waals surface area (Å²) in [7, 11) is 2.92. The number of benzene rings is 2. The molecule has 0 aliphatic carbocycles. The van der Waals surface area contributed by atoms with E-state index in [-0.39, 0.29) is 35.9 Å². The molecule has 4 rings (SSSR count). The second-order valence-electron chi connectivity index (χ2n) is 8.94. The summed E-state index contributed by atoms with van der Waals surface area (Å²) in [6.45, 7) is 1.98. The Morgan fingerprint density at radius 3 is 1.35 bits per heavy atom. The van der Waals surface area contributed by atoms with Gasteiger partial charge in [0.2, 0.25) is 0 Å². The monoisotopic (exact) mass is 466 g/mol. The molecule has 2 saturated heterocycles. The molecule has 2 N–H and O–H groups in total. The van der Waals surface area contributed by atoms with Crippen LogP contribution in [0.15, 0.2) is 60.7 Å². The molecule has 6 heteroatoms. The first-order valence-corrected chi connectivity index (χ1v) is 12.4. The molecule has 0 aromatic heterocycles. The quantitative estimate of drug-likeness (QED) is 0.623. The van der Waals surface area contributed by atoms with Crippen molar-refractivity contribution < 1.29 is 19.1 Å². The Kier molecular flexibility index (Phi) is 10.6. The van der Waals surface area contributed by atoms with Gasteiger partial charge in [0.25, 0.3) is 0 Å². The van der Waals surface area contributed by atoms with Crippen molar-refractivity contribution in [3.63, 3.8) is 0 Å². The number of hydrogen-bond donors (Lipinski definition) is 2. The summed E-state index contributed by atoms with van der Waals surface area (Å²) in [4.78, 5) is 23.9. The molecule has 2 aliphatic heterocycles. The fourth-order valence-electron chi connectivity index (χ4n) is 4.97. The van der Waals surface area contributed by atoms with E-state index in [2.05, 4.69) is 10.6 Å². The molecule has 0 spiro atoms. The van der Waals surface area contributed by atoms with Crippen molar-refractivity contribution in [1.29, 1.82) is 0 Å². The highest BCUT2D eigenvalue weighted by Gasteiger charge is 2.32. The van der Waals surface area contributed by atoms with E-state index in [4.69, 9.17) is 9.47 Å². The second kappa shape index (κ2) is 13.9. The predicted octanol–water partition coefficient (Wildman–Crippen LogP) is 4.17. The zero-order valence-electron chi connectivity index (χ0n) is 20.4. The van der Waals surface area contributed by atoms with E-state index in [9.17, 15) is 9.59 Å². The molecule has 0 unspecified atom stereocenters. The molecule has 184 valence electrons. The van der Waals surface area contributed by atoms with Crippen molar-refractivity contribution in [3.05, 3.63) is 71.8 Å². The largest absolute Gasteiger partial charge is 0.469 e. The molecule has 0 radical (unpaired) electrons. The maximum absolute atomic E-state index is 11.9. The lowest BCUT2D eigenvalue weighted by Gasteiger charge is -2.29. The Hall–Kier alpha value is -2.70. The van der Waals surface area contributed by atoms with Crippen molar-refractivity contribution in [2.75, 3.05) is 27.3 Å². The standard InChI is InChI=1S/2C14H19NO2/c2*1-17-14(16)13(11-7-3-2-4-8-11)12-9-5-6-10-15-12/h2*2-4,7-8,12-13,15H,5-6,9-10H2,1H3/t2*12-,13-/m10/s1. The lowest BCUT2D eigenvalue weighted by molar-refractivity contribution is -0.144. The molecule has 4 atom stereocenters. The number of carbonyl (C=O) groups is 2. The molecule has 2 aromatic carbocycles. The van der Waals surface area contributed by atoms with Crippen LogP contribution >= 0.6 is 0 Å². The Balaban J connectivity index is 0.000000191. The third kappa shape index (κ3) is 7.15. The lowest BCUT2D eigenvalue weighted by atomic mass is 9.86. The van der Waals surface area contributed by atoms with Crippen LogP contribution < -0.4 is 10.6 Å². The van der Waals surface area contributed by atoms with Gasteiger partial charge >= 0.3 is 11.9 Å². The van der Waals surface area contributed by atoms with E-state index >= 15 is 0 Å². The van der Waals surface area contributed by atoms with Gasteiger partial charge in [0.15, 0.2) is 0 Å². The summed E-state index contributed by atoms with van der Waals surface area (Å²) in [6, 6.07) is 20.2. The van der Waals surface area contributed by atoms with Crippen molar-refractivity contribution >= 4 is 11.9 Å². The van der Waals surface area contributed by atoms with Crippen LogP contribution in [0.3, 0.4) is 0 Å². The van der Waals surface area contributed by atoms with Crippen LogP contribution in [-0.2, 0) is 19.1 Å². The van der Waals surface area contributed by atoms with E-state index in [1.54, 1.807) is 0 Å². The summed E-state index contributed by atoms with van der Waals surface area (Å²) in [6.07, 6.45) is 6.82. The zero-order valence-corrected chi connectivity index (χ0v) is 20.4. The Bertz CT molecular complexity index is 789. The van der Waals surface area contributed by atoms with E-state index in [0.29, 0.717) is 0 Å². The molecule has 34 heavy (non-hydrogen) atoms. The van der Waals surface area contributed by atoms with Crippen LogP contribution in [0, 0.1) is 0 Å². The van der Waals surface area contributed by atoms with Crippen LogP contribution in [-0.4, -0.2) is 51.3 Å². The van der Waals surface area contributed by atoms with E-state index in [1.807, 2.05) is 60.7 Å². The zero-order chi connectivity index (χ0) is 24.2. The number of esters is 2. The van der Waals surface area contributed by atoms with Gasteiger partial charge in [0.05, 0.1) is 26.1 Å². The SMILES string of the molecule is COC(=O)[C@@H](c1ccccc1)[C@@H]1CCCCN1.COC(=O)[C@H](c1ccccc1)[C@H]1CCCCN1. The molecule has 6 nitrogen and oxygen atoms in total. The first kappa shape index (κ1) is 25.9. The molecular formula is C28H38N2O4.